The van der Waals surface area contributed by atoms with Gasteiger partial charge in [-0.2, -0.15) is 0 Å². The van der Waals surface area contributed by atoms with Crippen LogP contribution >= 0.6 is 0 Å². The summed E-state index contributed by atoms with van der Waals surface area (Å²) in [5, 5.41) is 11.8. The highest BCUT2D eigenvalue weighted by Crippen LogP contribution is 2.29. The SMILES string of the molecule is CCN(CC1CCC1)c1ccc(/C(N)=N/O)c(C)c1. The lowest BCUT2D eigenvalue weighted by Crippen LogP contribution is -2.32. The Morgan fingerprint density at radius 1 is 1.47 bits per heavy atom. The van der Waals surface area contributed by atoms with Crippen LogP contribution in [-0.2, 0) is 0 Å². The van der Waals surface area contributed by atoms with E-state index in [-0.39, 0.29) is 5.84 Å². The lowest BCUT2D eigenvalue weighted by atomic mass is 9.85. The molecular weight excluding hydrogens is 238 g/mol. The van der Waals surface area contributed by atoms with Gasteiger partial charge >= 0.3 is 0 Å². The maximum Gasteiger partial charge on any atom is 0.170 e. The number of aryl methyl sites for hydroxylation is 1. The van der Waals surface area contributed by atoms with Gasteiger partial charge in [0.2, 0.25) is 0 Å². The summed E-state index contributed by atoms with van der Waals surface area (Å²) in [5.41, 5.74) is 8.71. The fourth-order valence-electron chi connectivity index (χ4n) is 2.59. The molecule has 104 valence electrons. The molecule has 1 aliphatic carbocycles. The van der Waals surface area contributed by atoms with Crippen LogP contribution in [0.1, 0.15) is 37.3 Å². The van der Waals surface area contributed by atoms with Gasteiger partial charge < -0.3 is 15.8 Å². The van der Waals surface area contributed by atoms with Gasteiger partial charge in [0.15, 0.2) is 5.84 Å². The summed E-state index contributed by atoms with van der Waals surface area (Å²) in [6.07, 6.45) is 4.10. The van der Waals surface area contributed by atoms with Crippen LogP contribution in [0.15, 0.2) is 23.4 Å². The molecule has 0 spiro atoms. The fourth-order valence-corrected chi connectivity index (χ4v) is 2.59. The van der Waals surface area contributed by atoms with Crippen molar-refractivity contribution in [2.45, 2.75) is 33.1 Å². The number of anilines is 1. The molecule has 19 heavy (non-hydrogen) atoms. The number of benzene rings is 1. The Labute approximate surface area is 114 Å². The number of hydrogen-bond acceptors (Lipinski definition) is 3. The van der Waals surface area contributed by atoms with Crippen LogP contribution in [0.2, 0.25) is 0 Å². The van der Waals surface area contributed by atoms with Gasteiger partial charge in [0.1, 0.15) is 0 Å². The molecule has 1 fully saturated rings. The second-order valence-electron chi connectivity index (χ2n) is 5.32. The number of nitrogens with zero attached hydrogens (tertiary/aromatic N) is 2. The predicted octanol–water partition coefficient (Wildman–Crippen LogP) is 2.72. The van der Waals surface area contributed by atoms with Gasteiger partial charge in [0.25, 0.3) is 0 Å². The van der Waals surface area contributed by atoms with Gasteiger partial charge in [-0.25, -0.2) is 0 Å². The molecule has 0 aliphatic heterocycles. The Bertz CT molecular complexity index is 466. The van der Waals surface area contributed by atoms with Crippen molar-refractivity contribution in [1.29, 1.82) is 0 Å². The topological polar surface area (TPSA) is 61.8 Å². The van der Waals surface area contributed by atoms with Crippen LogP contribution < -0.4 is 10.6 Å². The van der Waals surface area contributed by atoms with Crippen molar-refractivity contribution in [2.75, 3.05) is 18.0 Å². The number of oxime groups is 1. The lowest BCUT2D eigenvalue weighted by molar-refractivity contribution is 0.318. The molecule has 0 radical (unpaired) electrons. The van der Waals surface area contributed by atoms with E-state index in [0.29, 0.717) is 0 Å². The summed E-state index contributed by atoms with van der Waals surface area (Å²) >= 11 is 0. The zero-order valence-electron chi connectivity index (χ0n) is 11.8. The fraction of sp³-hybridized carbons (Fsp3) is 0.533. The molecule has 0 atom stereocenters. The largest absolute Gasteiger partial charge is 0.409 e. The van der Waals surface area contributed by atoms with Gasteiger partial charge in [0, 0.05) is 24.3 Å². The predicted molar refractivity (Wildman–Crippen MR) is 78.9 cm³/mol. The minimum absolute atomic E-state index is 0.172. The molecule has 1 aromatic carbocycles. The molecule has 0 heterocycles. The van der Waals surface area contributed by atoms with E-state index in [1.807, 2.05) is 13.0 Å². The number of amidine groups is 1. The Kier molecular flexibility index (Phi) is 4.30. The summed E-state index contributed by atoms with van der Waals surface area (Å²) in [7, 11) is 0. The molecule has 4 nitrogen and oxygen atoms in total. The highest BCUT2D eigenvalue weighted by molar-refractivity contribution is 5.98. The van der Waals surface area contributed by atoms with Gasteiger partial charge in [-0.1, -0.05) is 11.6 Å². The Morgan fingerprint density at radius 3 is 2.68 bits per heavy atom. The van der Waals surface area contributed by atoms with E-state index in [1.54, 1.807) is 0 Å². The third kappa shape index (κ3) is 3.00. The Hall–Kier alpha value is -1.71. The van der Waals surface area contributed by atoms with Crippen molar-refractivity contribution in [3.63, 3.8) is 0 Å². The first-order chi connectivity index (χ1) is 9.15. The molecule has 2 rings (SSSR count). The van der Waals surface area contributed by atoms with Crippen LogP contribution in [0.4, 0.5) is 5.69 Å². The molecule has 1 saturated carbocycles. The molecule has 1 aromatic rings. The maximum atomic E-state index is 8.75. The van der Waals surface area contributed by atoms with Gasteiger partial charge in [-0.3, -0.25) is 0 Å². The summed E-state index contributed by atoms with van der Waals surface area (Å²) in [6, 6.07) is 6.11. The Morgan fingerprint density at radius 2 is 2.21 bits per heavy atom. The van der Waals surface area contributed by atoms with Crippen molar-refractivity contribution < 1.29 is 5.21 Å². The Balaban J connectivity index is 2.16. The number of rotatable bonds is 5. The van der Waals surface area contributed by atoms with E-state index in [9.17, 15) is 0 Å². The van der Waals surface area contributed by atoms with Crippen LogP contribution in [0.5, 0.6) is 0 Å². The zero-order valence-corrected chi connectivity index (χ0v) is 11.8. The molecule has 0 amide bonds. The van der Waals surface area contributed by atoms with Crippen LogP contribution in [0.3, 0.4) is 0 Å². The van der Waals surface area contributed by atoms with E-state index in [4.69, 9.17) is 10.9 Å². The summed E-state index contributed by atoms with van der Waals surface area (Å²) in [6.45, 7) is 6.33. The van der Waals surface area contributed by atoms with Gasteiger partial charge in [-0.05, 0) is 56.4 Å². The van der Waals surface area contributed by atoms with Crippen LogP contribution in [0.25, 0.3) is 0 Å². The molecule has 0 aromatic heterocycles. The molecule has 1 aliphatic rings. The zero-order chi connectivity index (χ0) is 13.8. The van der Waals surface area contributed by atoms with Crippen molar-refractivity contribution in [3.8, 4) is 0 Å². The first-order valence-corrected chi connectivity index (χ1v) is 6.99. The summed E-state index contributed by atoms with van der Waals surface area (Å²) in [4.78, 5) is 2.41. The second-order valence-corrected chi connectivity index (χ2v) is 5.32. The maximum absolute atomic E-state index is 8.75. The first kappa shape index (κ1) is 13.7. The molecule has 0 saturated heterocycles. The van der Waals surface area contributed by atoms with E-state index < -0.39 is 0 Å². The third-order valence-corrected chi connectivity index (χ3v) is 4.04. The normalized spacial score (nSPS) is 16.2. The minimum Gasteiger partial charge on any atom is -0.409 e. The van der Waals surface area contributed by atoms with Crippen molar-refractivity contribution in [2.24, 2.45) is 16.8 Å². The average Bonchev–Trinajstić information content (AvgIpc) is 2.37. The van der Waals surface area contributed by atoms with Crippen molar-refractivity contribution >= 4 is 11.5 Å². The molecule has 0 bridgehead atoms. The van der Waals surface area contributed by atoms with Gasteiger partial charge in [-0.15, -0.1) is 0 Å². The average molecular weight is 261 g/mol. The molecule has 3 N–H and O–H groups in total. The standard InChI is InChI=1S/C15H23N3O/c1-3-18(10-12-5-4-6-12)13-7-8-14(11(2)9-13)15(16)17-19/h7-9,12,19H,3-6,10H2,1-2H3,(H2,16,17). The first-order valence-electron chi connectivity index (χ1n) is 6.99. The number of hydrogen-bond donors (Lipinski definition) is 2. The lowest BCUT2D eigenvalue weighted by Gasteiger charge is -2.33. The molecule has 4 heteroatoms. The second kappa shape index (κ2) is 5.95. The van der Waals surface area contributed by atoms with E-state index in [1.165, 1.54) is 24.9 Å². The van der Waals surface area contributed by atoms with Crippen molar-refractivity contribution in [1.82, 2.24) is 0 Å². The van der Waals surface area contributed by atoms with Crippen molar-refractivity contribution in [3.05, 3.63) is 29.3 Å². The molecular formula is C15H23N3O. The highest BCUT2D eigenvalue weighted by atomic mass is 16.4. The van der Waals surface area contributed by atoms with Crippen LogP contribution in [0, 0.1) is 12.8 Å². The summed E-state index contributed by atoms with van der Waals surface area (Å²) < 4.78 is 0. The monoisotopic (exact) mass is 261 g/mol. The quantitative estimate of drug-likeness (QED) is 0.371. The van der Waals surface area contributed by atoms with E-state index in [2.05, 4.69) is 29.1 Å². The smallest absolute Gasteiger partial charge is 0.170 e. The third-order valence-electron chi connectivity index (χ3n) is 4.04. The summed E-state index contributed by atoms with van der Waals surface area (Å²) in [5.74, 6) is 1.02. The highest BCUT2D eigenvalue weighted by Gasteiger charge is 2.20. The van der Waals surface area contributed by atoms with E-state index >= 15 is 0 Å². The van der Waals surface area contributed by atoms with Gasteiger partial charge in [0.05, 0.1) is 0 Å². The van der Waals surface area contributed by atoms with Crippen LogP contribution in [-0.4, -0.2) is 24.1 Å². The minimum atomic E-state index is 0.172. The number of nitrogens with two attached hydrogens (primary N) is 1. The molecule has 0 unspecified atom stereocenters. The van der Waals surface area contributed by atoms with E-state index in [0.717, 1.165) is 30.1 Å².